The lowest BCUT2D eigenvalue weighted by Crippen LogP contribution is -2.05. The fourth-order valence-electron chi connectivity index (χ4n) is 0.994. The smallest absolute Gasteiger partial charge is 0.362 e. The van der Waals surface area contributed by atoms with Crippen LogP contribution in [0.4, 0.5) is 10.1 Å². The maximum atomic E-state index is 13.3. The highest BCUT2D eigenvalue weighted by Gasteiger charge is 2.10. The summed E-state index contributed by atoms with van der Waals surface area (Å²) in [7, 11) is 0. The van der Waals surface area contributed by atoms with Gasteiger partial charge in [0.25, 0.3) is 0 Å². The van der Waals surface area contributed by atoms with Crippen LogP contribution in [0, 0.1) is 5.82 Å². The van der Waals surface area contributed by atoms with Gasteiger partial charge in [0.2, 0.25) is 5.70 Å². The highest BCUT2D eigenvalue weighted by atomic mass is 35.5. The molecule has 0 heterocycles. The van der Waals surface area contributed by atoms with Crippen molar-refractivity contribution in [1.82, 2.24) is 0 Å². The number of benzene rings is 1. The highest BCUT2D eigenvalue weighted by Crippen LogP contribution is 2.22. The number of esters is 1. The Morgan fingerprint density at radius 1 is 1.61 bits per heavy atom. The Balaban J connectivity index is 2.88. The van der Waals surface area contributed by atoms with Crippen molar-refractivity contribution < 1.29 is 19.0 Å². The minimum atomic E-state index is -0.849. The van der Waals surface area contributed by atoms with Crippen LogP contribution >= 0.6 is 11.6 Å². The number of hydrogen-bond acceptors (Lipinski definition) is 5. The molecule has 5 nitrogen and oxygen atoms in total. The van der Waals surface area contributed by atoms with Crippen molar-refractivity contribution >= 4 is 23.3 Å². The lowest BCUT2D eigenvalue weighted by molar-refractivity contribution is -0.138. The van der Waals surface area contributed by atoms with Crippen molar-refractivity contribution in [2.45, 2.75) is 6.92 Å². The van der Waals surface area contributed by atoms with Gasteiger partial charge >= 0.3 is 5.97 Å². The van der Waals surface area contributed by atoms with E-state index in [1.165, 1.54) is 12.1 Å². The Labute approximate surface area is 108 Å². The van der Waals surface area contributed by atoms with Gasteiger partial charge in [-0.1, -0.05) is 11.6 Å². The minimum Gasteiger partial charge on any atom is -0.513 e. The second kappa shape index (κ2) is 6.70. The van der Waals surface area contributed by atoms with Crippen molar-refractivity contribution in [2.75, 3.05) is 6.61 Å². The van der Waals surface area contributed by atoms with Crippen LogP contribution in [0.25, 0.3) is 0 Å². The first-order chi connectivity index (χ1) is 8.58. The van der Waals surface area contributed by atoms with E-state index in [1.807, 2.05) is 0 Å². The third-order valence-electron chi connectivity index (χ3n) is 1.78. The Hall–Kier alpha value is -1.95. The third-order valence-corrected chi connectivity index (χ3v) is 2.02. The van der Waals surface area contributed by atoms with Crippen LogP contribution in [0.2, 0.25) is 5.02 Å². The summed E-state index contributed by atoms with van der Waals surface area (Å²) in [5, 5.41) is 15.9. The molecule has 0 atom stereocenters. The Bertz CT molecular complexity index is 503. The highest BCUT2D eigenvalue weighted by molar-refractivity contribution is 6.30. The first-order valence-electron chi connectivity index (χ1n) is 4.96. The third kappa shape index (κ3) is 3.81. The van der Waals surface area contributed by atoms with Gasteiger partial charge in [0.1, 0.15) is 11.9 Å². The molecule has 1 N–H and O–H groups in total. The number of carbonyl (C=O) groups is 1. The Kier molecular flexibility index (Phi) is 5.26. The molecule has 0 aliphatic rings. The molecule has 0 spiro atoms. The molecule has 1 rings (SSSR count). The van der Waals surface area contributed by atoms with Crippen molar-refractivity contribution in [3.63, 3.8) is 0 Å². The van der Waals surface area contributed by atoms with Gasteiger partial charge in [0.05, 0.1) is 6.61 Å². The monoisotopic (exact) mass is 272 g/mol. The molecule has 0 aliphatic heterocycles. The van der Waals surface area contributed by atoms with Crippen LogP contribution in [-0.2, 0) is 9.53 Å². The number of carbonyl (C=O) groups excluding carboxylic acids is 1. The predicted octanol–water partition coefficient (Wildman–Crippen LogP) is 3.53. The summed E-state index contributed by atoms with van der Waals surface area (Å²) < 4.78 is 17.9. The number of halogens is 2. The van der Waals surface area contributed by atoms with E-state index >= 15 is 0 Å². The molecule has 0 radical (unpaired) electrons. The zero-order valence-electron chi connectivity index (χ0n) is 9.43. The van der Waals surface area contributed by atoms with Crippen LogP contribution in [0.15, 0.2) is 40.4 Å². The Morgan fingerprint density at radius 2 is 2.33 bits per heavy atom. The van der Waals surface area contributed by atoms with Crippen LogP contribution in [0.1, 0.15) is 6.92 Å². The van der Waals surface area contributed by atoms with E-state index in [4.69, 9.17) is 16.7 Å². The van der Waals surface area contributed by atoms with Gasteiger partial charge in [0, 0.05) is 5.02 Å². The van der Waals surface area contributed by atoms with Crippen molar-refractivity contribution in [3.8, 4) is 0 Å². The van der Waals surface area contributed by atoms with Gasteiger partial charge < -0.3 is 9.84 Å². The van der Waals surface area contributed by atoms with E-state index in [0.29, 0.717) is 6.26 Å². The number of aliphatic hydroxyl groups is 1. The molecule has 0 unspecified atom stereocenters. The standard InChI is InChI=1S/C11H10ClFN2O3/c1-2-18-11(17)10(6-16)15-14-9-4-3-7(12)5-8(9)13/h3-6,16H,2H2,1H3. The molecule has 18 heavy (non-hydrogen) atoms. The van der Waals surface area contributed by atoms with E-state index in [-0.39, 0.29) is 17.3 Å². The van der Waals surface area contributed by atoms with Gasteiger partial charge in [-0.3, -0.25) is 0 Å². The number of rotatable bonds is 4. The fourth-order valence-corrected chi connectivity index (χ4v) is 1.15. The minimum absolute atomic E-state index is 0.108. The zero-order chi connectivity index (χ0) is 13.5. The van der Waals surface area contributed by atoms with Gasteiger partial charge in [-0.15, -0.1) is 10.2 Å². The molecule has 0 saturated heterocycles. The van der Waals surface area contributed by atoms with E-state index < -0.39 is 17.5 Å². The molecular weight excluding hydrogens is 263 g/mol. The van der Waals surface area contributed by atoms with Gasteiger partial charge in [-0.25, -0.2) is 9.18 Å². The van der Waals surface area contributed by atoms with Crippen LogP contribution < -0.4 is 0 Å². The molecular formula is C11H10ClFN2O3. The quantitative estimate of drug-likeness (QED) is 0.394. The first-order valence-corrected chi connectivity index (χ1v) is 5.34. The second-order valence-corrected chi connectivity index (χ2v) is 3.47. The average Bonchev–Trinajstić information content (AvgIpc) is 2.32. The number of nitrogens with zero attached hydrogens (tertiary/aromatic N) is 2. The molecule has 0 bridgehead atoms. The number of azo groups is 1. The molecule has 0 aliphatic carbocycles. The molecule has 96 valence electrons. The van der Waals surface area contributed by atoms with E-state index in [9.17, 15) is 9.18 Å². The lowest BCUT2D eigenvalue weighted by atomic mass is 10.3. The molecule has 1 aromatic rings. The summed E-state index contributed by atoms with van der Waals surface area (Å²) in [6.45, 7) is 1.73. The first kappa shape index (κ1) is 14.1. The summed E-state index contributed by atoms with van der Waals surface area (Å²) in [4.78, 5) is 11.2. The largest absolute Gasteiger partial charge is 0.513 e. The van der Waals surface area contributed by atoms with Crippen molar-refractivity contribution in [3.05, 3.63) is 41.0 Å². The van der Waals surface area contributed by atoms with Gasteiger partial charge in [-0.05, 0) is 25.1 Å². The summed E-state index contributed by atoms with van der Waals surface area (Å²) in [5.74, 6) is -1.54. The summed E-state index contributed by atoms with van der Waals surface area (Å²) >= 11 is 5.56. The SMILES string of the molecule is CCOC(=O)C(=CO)N=Nc1ccc(Cl)cc1F. The second-order valence-electron chi connectivity index (χ2n) is 3.03. The average molecular weight is 273 g/mol. The summed E-state index contributed by atoms with van der Waals surface area (Å²) in [5.41, 5.74) is -0.533. The number of hydrogen-bond donors (Lipinski definition) is 1. The summed E-state index contributed by atoms with van der Waals surface area (Å²) in [6.07, 6.45) is 0.440. The zero-order valence-corrected chi connectivity index (χ0v) is 10.2. The van der Waals surface area contributed by atoms with Gasteiger partial charge in [0.15, 0.2) is 5.82 Å². The van der Waals surface area contributed by atoms with Crippen molar-refractivity contribution in [2.24, 2.45) is 10.2 Å². The van der Waals surface area contributed by atoms with Crippen LogP contribution in [0.5, 0.6) is 0 Å². The molecule has 1 aromatic carbocycles. The van der Waals surface area contributed by atoms with E-state index in [1.54, 1.807) is 6.92 Å². The normalized spacial score (nSPS) is 11.8. The van der Waals surface area contributed by atoms with Gasteiger partial charge in [-0.2, -0.15) is 0 Å². The molecule has 0 aromatic heterocycles. The maximum absolute atomic E-state index is 13.3. The van der Waals surface area contributed by atoms with Crippen molar-refractivity contribution in [1.29, 1.82) is 0 Å². The molecule has 0 amide bonds. The number of ether oxygens (including phenoxy) is 1. The van der Waals surface area contributed by atoms with Crippen LogP contribution in [0.3, 0.4) is 0 Å². The lowest BCUT2D eigenvalue weighted by Gasteiger charge is -1.99. The van der Waals surface area contributed by atoms with E-state index in [2.05, 4.69) is 15.0 Å². The molecule has 0 fully saturated rings. The summed E-state index contributed by atoms with van der Waals surface area (Å²) in [6, 6.07) is 3.77. The predicted molar refractivity (Wildman–Crippen MR) is 63.3 cm³/mol. The topological polar surface area (TPSA) is 71.2 Å². The molecule has 7 heteroatoms. The van der Waals surface area contributed by atoms with E-state index in [0.717, 1.165) is 6.07 Å². The molecule has 0 saturated carbocycles. The van der Waals surface area contributed by atoms with Crippen LogP contribution in [-0.4, -0.2) is 17.7 Å². The number of aliphatic hydroxyl groups excluding tert-OH is 1. The maximum Gasteiger partial charge on any atom is 0.362 e. The fraction of sp³-hybridized carbons (Fsp3) is 0.182. The Morgan fingerprint density at radius 3 is 2.89 bits per heavy atom.